The monoisotopic (exact) mass is 370 g/mol. The van der Waals surface area contributed by atoms with Crippen LogP contribution in [0, 0.1) is 5.92 Å². The van der Waals surface area contributed by atoms with Gasteiger partial charge in [0.25, 0.3) is 5.91 Å². The Morgan fingerprint density at radius 1 is 1.22 bits per heavy atom. The summed E-state index contributed by atoms with van der Waals surface area (Å²) in [5.41, 5.74) is 1.45. The molecule has 0 bridgehead atoms. The van der Waals surface area contributed by atoms with Crippen LogP contribution in [0.2, 0.25) is 0 Å². The number of fused-ring (bicyclic) bond motifs is 1. The summed E-state index contributed by atoms with van der Waals surface area (Å²) in [6.07, 6.45) is 11.2. The maximum Gasteiger partial charge on any atom is 0.276 e. The van der Waals surface area contributed by atoms with Crippen LogP contribution in [0.5, 0.6) is 0 Å². The maximum absolute atomic E-state index is 12.9. The molecule has 5 rings (SSSR count). The zero-order valence-electron chi connectivity index (χ0n) is 15.5. The van der Waals surface area contributed by atoms with Crippen LogP contribution in [0.25, 0.3) is 0 Å². The first-order valence-electron chi connectivity index (χ1n) is 10.1. The average Bonchev–Trinajstić information content (AvgIpc) is 3.11. The second-order valence-corrected chi connectivity index (χ2v) is 8.21. The van der Waals surface area contributed by atoms with E-state index in [9.17, 15) is 4.79 Å². The Morgan fingerprint density at radius 3 is 2.89 bits per heavy atom. The zero-order valence-corrected chi connectivity index (χ0v) is 15.5. The molecular formula is C20H26N4O3. The number of carbonyl (C=O) groups is 1. The quantitative estimate of drug-likeness (QED) is 0.781. The summed E-state index contributed by atoms with van der Waals surface area (Å²) < 4.78 is 13.6. The highest BCUT2D eigenvalue weighted by Crippen LogP contribution is 2.40. The molecule has 27 heavy (non-hydrogen) atoms. The van der Waals surface area contributed by atoms with E-state index in [4.69, 9.17) is 9.26 Å². The minimum absolute atomic E-state index is 0.0705. The van der Waals surface area contributed by atoms with Gasteiger partial charge in [-0.05, 0) is 31.6 Å². The van der Waals surface area contributed by atoms with Gasteiger partial charge < -0.3 is 18.7 Å². The molecule has 0 aromatic carbocycles. The van der Waals surface area contributed by atoms with Gasteiger partial charge in [-0.15, -0.1) is 0 Å². The molecule has 0 spiro atoms. The molecule has 144 valence electrons. The summed E-state index contributed by atoms with van der Waals surface area (Å²) in [5.74, 6) is 1.93. The highest BCUT2D eigenvalue weighted by molar-refractivity contribution is 5.92. The molecule has 2 aromatic heterocycles. The highest BCUT2D eigenvalue weighted by Gasteiger charge is 2.33. The Bertz CT molecular complexity index is 804. The number of rotatable bonds is 6. The van der Waals surface area contributed by atoms with Crippen molar-refractivity contribution in [1.29, 1.82) is 0 Å². The molecule has 1 atom stereocenters. The predicted molar refractivity (Wildman–Crippen MR) is 97.3 cm³/mol. The summed E-state index contributed by atoms with van der Waals surface area (Å²) in [7, 11) is 0. The van der Waals surface area contributed by atoms with Crippen molar-refractivity contribution in [2.45, 2.75) is 57.0 Å². The van der Waals surface area contributed by atoms with Crippen LogP contribution in [0.4, 0.5) is 0 Å². The van der Waals surface area contributed by atoms with E-state index < -0.39 is 0 Å². The summed E-state index contributed by atoms with van der Waals surface area (Å²) in [5, 5.41) is 4.02. The second kappa shape index (κ2) is 7.11. The minimum Gasteiger partial charge on any atom is -0.379 e. The summed E-state index contributed by atoms with van der Waals surface area (Å²) in [6.45, 7) is 2.58. The second-order valence-electron chi connectivity index (χ2n) is 8.21. The van der Waals surface area contributed by atoms with Crippen molar-refractivity contribution in [2.75, 3.05) is 19.8 Å². The van der Waals surface area contributed by atoms with Crippen LogP contribution < -0.4 is 0 Å². The number of amides is 1. The van der Waals surface area contributed by atoms with Gasteiger partial charge in [0, 0.05) is 31.3 Å². The molecule has 2 aromatic rings. The number of nitrogens with zero attached hydrogens (tertiary/aromatic N) is 4. The summed E-state index contributed by atoms with van der Waals surface area (Å²) in [4.78, 5) is 19.1. The van der Waals surface area contributed by atoms with Gasteiger partial charge in [-0.2, -0.15) is 0 Å². The molecule has 0 radical (unpaired) electrons. The van der Waals surface area contributed by atoms with Gasteiger partial charge >= 0.3 is 0 Å². The molecule has 0 N–H and O–H groups in total. The predicted octanol–water partition coefficient (Wildman–Crippen LogP) is 3.15. The standard InChI is InChI=1S/C20H26N4O3/c25-20(18-7-19(27-22-18)15-5-6-15)23-9-16-8-21-13-24(16)17(10-23)12-26-11-14-3-1-2-4-14/h7-8,13-15,17H,1-6,9-12H2/t17-/m1/s1. The van der Waals surface area contributed by atoms with E-state index in [0.29, 0.717) is 37.2 Å². The Balaban J connectivity index is 1.25. The first kappa shape index (κ1) is 17.0. The third kappa shape index (κ3) is 3.52. The van der Waals surface area contributed by atoms with Gasteiger partial charge in [-0.1, -0.05) is 18.0 Å². The van der Waals surface area contributed by atoms with Crippen LogP contribution in [-0.4, -0.2) is 45.3 Å². The molecule has 3 heterocycles. The van der Waals surface area contributed by atoms with Gasteiger partial charge in [-0.3, -0.25) is 4.79 Å². The van der Waals surface area contributed by atoms with Crippen LogP contribution in [-0.2, 0) is 11.3 Å². The topological polar surface area (TPSA) is 73.4 Å². The Kier molecular flexibility index (Phi) is 4.47. The third-order valence-corrected chi connectivity index (χ3v) is 6.08. The molecule has 1 amide bonds. The normalized spacial score (nSPS) is 23.0. The van der Waals surface area contributed by atoms with Crippen molar-refractivity contribution in [3.63, 3.8) is 0 Å². The molecular weight excluding hydrogens is 344 g/mol. The Hall–Kier alpha value is -2.15. The number of imidazole rings is 1. The molecule has 0 unspecified atom stereocenters. The lowest BCUT2D eigenvalue weighted by molar-refractivity contribution is 0.0429. The smallest absolute Gasteiger partial charge is 0.276 e. The number of hydrogen-bond donors (Lipinski definition) is 0. The maximum atomic E-state index is 12.9. The van der Waals surface area contributed by atoms with E-state index in [1.807, 2.05) is 23.5 Å². The largest absolute Gasteiger partial charge is 0.379 e. The van der Waals surface area contributed by atoms with Gasteiger partial charge in [0.1, 0.15) is 5.76 Å². The van der Waals surface area contributed by atoms with Gasteiger partial charge in [0.05, 0.1) is 31.2 Å². The lowest BCUT2D eigenvalue weighted by Gasteiger charge is -2.34. The summed E-state index contributed by atoms with van der Waals surface area (Å²) in [6, 6.07) is 1.91. The number of carbonyl (C=O) groups excluding carboxylic acids is 1. The van der Waals surface area contributed by atoms with E-state index >= 15 is 0 Å². The van der Waals surface area contributed by atoms with E-state index in [0.717, 1.165) is 30.9 Å². The van der Waals surface area contributed by atoms with E-state index in [1.54, 1.807) is 0 Å². The molecule has 7 nitrogen and oxygen atoms in total. The summed E-state index contributed by atoms with van der Waals surface area (Å²) >= 11 is 0. The van der Waals surface area contributed by atoms with E-state index in [-0.39, 0.29) is 11.9 Å². The van der Waals surface area contributed by atoms with Gasteiger partial charge in [0.15, 0.2) is 5.69 Å². The fourth-order valence-corrected chi connectivity index (χ4v) is 4.33. The van der Waals surface area contributed by atoms with Crippen LogP contribution in [0.15, 0.2) is 23.1 Å². The first-order chi connectivity index (χ1) is 13.3. The number of ether oxygens (including phenoxy) is 1. The lowest BCUT2D eigenvalue weighted by Crippen LogP contribution is -2.42. The SMILES string of the molecule is O=C(c1cc(C2CC2)on1)N1Cc2cncn2[C@@H](COCC2CCCC2)C1. The van der Waals surface area contributed by atoms with Gasteiger partial charge in [0.2, 0.25) is 0 Å². The van der Waals surface area contributed by atoms with Crippen molar-refractivity contribution < 1.29 is 14.1 Å². The van der Waals surface area contributed by atoms with Crippen molar-refractivity contribution in [3.05, 3.63) is 35.7 Å². The molecule has 1 aliphatic heterocycles. The van der Waals surface area contributed by atoms with Crippen LogP contribution in [0.3, 0.4) is 0 Å². The fraction of sp³-hybridized carbons (Fsp3) is 0.650. The van der Waals surface area contributed by atoms with Crippen molar-refractivity contribution in [3.8, 4) is 0 Å². The first-order valence-corrected chi connectivity index (χ1v) is 10.1. The van der Waals surface area contributed by atoms with Gasteiger partial charge in [-0.25, -0.2) is 4.98 Å². The van der Waals surface area contributed by atoms with E-state index in [2.05, 4.69) is 14.7 Å². The average molecular weight is 370 g/mol. The Morgan fingerprint density at radius 2 is 2.07 bits per heavy atom. The lowest BCUT2D eigenvalue weighted by atomic mass is 10.1. The molecule has 2 fully saturated rings. The molecule has 3 aliphatic rings. The number of hydrogen-bond acceptors (Lipinski definition) is 5. The van der Waals surface area contributed by atoms with Crippen molar-refractivity contribution in [1.82, 2.24) is 19.6 Å². The van der Waals surface area contributed by atoms with Crippen molar-refractivity contribution in [2.24, 2.45) is 5.92 Å². The third-order valence-electron chi connectivity index (χ3n) is 6.08. The molecule has 7 heteroatoms. The number of aromatic nitrogens is 3. The van der Waals surface area contributed by atoms with Crippen molar-refractivity contribution >= 4 is 5.91 Å². The fourth-order valence-electron chi connectivity index (χ4n) is 4.33. The Labute approximate surface area is 158 Å². The molecule has 0 saturated heterocycles. The van der Waals surface area contributed by atoms with Crippen LogP contribution >= 0.6 is 0 Å². The van der Waals surface area contributed by atoms with Crippen LogP contribution in [0.1, 0.15) is 72.4 Å². The zero-order chi connectivity index (χ0) is 18.2. The molecule has 2 saturated carbocycles. The van der Waals surface area contributed by atoms with E-state index in [1.165, 1.54) is 25.7 Å². The molecule has 2 aliphatic carbocycles. The minimum atomic E-state index is -0.0705. The highest BCUT2D eigenvalue weighted by atomic mass is 16.5.